The van der Waals surface area contributed by atoms with E-state index >= 15 is 0 Å². The average molecular weight is 282 g/mol. The molecule has 2 amide bonds. The molecule has 0 unspecified atom stereocenters. The fourth-order valence-electron chi connectivity index (χ4n) is 1.99. The lowest BCUT2D eigenvalue weighted by molar-refractivity contribution is -0.120. The molecule has 1 aliphatic heterocycles. The smallest absolute Gasteiger partial charge is 0.261 e. The van der Waals surface area contributed by atoms with E-state index in [1.165, 1.54) is 12.1 Å². The van der Waals surface area contributed by atoms with Crippen LogP contribution in [0.15, 0.2) is 29.8 Å². The highest BCUT2D eigenvalue weighted by Crippen LogP contribution is 2.29. The van der Waals surface area contributed by atoms with Crippen LogP contribution in [0.2, 0.25) is 5.02 Å². The van der Waals surface area contributed by atoms with Gasteiger partial charge in [-0.1, -0.05) is 31.5 Å². The Morgan fingerprint density at radius 3 is 2.63 bits per heavy atom. The summed E-state index contributed by atoms with van der Waals surface area (Å²) in [5.41, 5.74) is 0.772. The van der Waals surface area contributed by atoms with Gasteiger partial charge in [0.1, 0.15) is 5.82 Å². The van der Waals surface area contributed by atoms with E-state index in [1.807, 2.05) is 13.8 Å². The first-order valence-electron chi connectivity index (χ1n) is 5.93. The molecule has 0 N–H and O–H groups in total. The van der Waals surface area contributed by atoms with Crippen molar-refractivity contribution in [3.63, 3.8) is 0 Å². The van der Waals surface area contributed by atoms with Gasteiger partial charge in [-0.25, -0.2) is 9.29 Å². The molecule has 0 spiro atoms. The number of benzene rings is 1. The first-order chi connectivity index (χ1) is 8.90. The van der Waals surface area contributed by atoms with Crippen molar-refractivity contribution in [1.29, 1.82) is 0 Å². The Bertz CT molecular complexity index is 581. The van der Waals surface area contributed by atoms with E-state index in [0.29, 0.717) is 11.3 Å². The van der Waals surface area contributed by atoms with Crippen LogP contribution in [0.3, 0.4) is 0 Å². The van der Waals surface area contributed by atoms with Crippen molar-refractivity contribution in [3.8, 4) is 0 Å². The summed E-state index contributed by atoms with van der Waals surface area (Å²) in [4.78, 5) is 25.1. The second-order valence-electron chi connectivity index (χ2n) is 4.75. The van der Waals surface area contributed by atoms with Gasteiger partial charge in [-0.15, -0.1) is 0 Å². The molecule has 1 aromatic rings. The topological polar surface area (TPSA) is 37.4 Å². The first kappa shape index (κ1) is 13.7. The Morgan fingerprint density at radius 2 is 2.05 bits per heavy atom. The molecule has 1 aromatic carbocycles. The minimum absolute atomic E-state index is 0.0754. The zero-order chi connectivity index (χ0) is 14.2. The van der Waals surface area contributed by atoms with Crippen molar-refractivity contribution in [3.05, 3.63) is 40.7 Å². The van der Waals surface area contributed by atoms with Crippen LogP contribution in [0.4, 0.5) is 10.1 Å². The molecule has 0 atom stereocenters. The third-order valence-corrected chi connectivity index (χ3v) is 3.05. The molecule has 2 rings (SSSR count). The molecule has 0 aliphatic carbocycles. The number of anilines is 1. The number of rotatable bonds is 2. The van der Waals surface area contributed by atoms with Crippen molar-refractivity contribution in [1.82, 2.24) is 0 Å². The number of imide groups is 1. The SMILES string of the molecule is CC(C)C=C1CC(=O)N(c2ccc(F)c(Cl)c2)C1=O. The van der Waals surface area contributed by atoms with Gasteiger partial charge in [0.25, 0.3) is 5.91 Å². The van der Waals surface area contributed by atoms with Crippen LogP contribution in [0.1, 0.15) is 20.3 Å². The highest BCUT2D eigenvalue weighted by Gasteiger charge is 2.35. The van der Waals surface area contributed by atoms with Crippen LogP contribution in [-0.2, 0) is 9.59 Å². The van der Waals surface area contributed by atoms with Crippen LogP contribution in [0.25, 0.3) is 0 Å². The Kier molecular flexibility index (Phi) is 3.71. The summed E-state index contributed by atoms with van der Waals surface area (Å²) in [7, 11) is 0. The summed E-state index contributed by atoms with van der Waals surface area (Å²) < 4.78 is 13.1. The van der Waals surface area contributed by atoms with E-state index in [9.17, 15) is 14.0 Å². The van der Waals surface area contributed by atoms with E-state index in [1.54, 1.807) is 6.08 Å². The van der Waals surface area contributed by atoms with Crippen LogP contribution in [-0.4, -0.2) is 11.8 Å². The number of nitrogens with zero attached hydrogens (tertiary/aromatic N) is 1. The maximum absolute atomic E-state index is 13.1. The third-order valence-electron chi connectivity index (χ3n) is 2.76. The third kappa shape index (κ3) is 2.68. The van der Waals surface area contributed by atoms with E-state index in [-0.39, 0.29) is 29.2 Å². The molecule has 1 heterocycles. The van der Waals surface area contributed by atoms with Gasteiger partial charge in [-0.05, 0) is 24.1 Å². The molecule has 100 valence electrons. The predicted molar refractivity (Wildman–Crippen MR) is 71.4 cm³/mol. The Balaban J connectivity index is 2.38. The van der Waals surface area contributed by atoms with Gasteiger partial charge in [0.05, 0.1) is 17.1 Å². The summed E-state index contributed by atoms with van der Waals surface area (Å²) in [5, 5.41) is -0.112. The molecule has 1 saturated heterocycles. The molecule has 0 saturated carbocycles. The van der Waals surface area contributed by atoms with Gasteiger partial charge in [-0.2, -0.15) is 0 Å². The molecule has 19 heavy (non-hydrogen) atoms. The fraction of sp³-hybridized carbons (Fsp3) is 0.286. The lowest BCUT2D eigenvalue weighted by Gasteiger charge is -2.13. The van der Waals surface area contributed by atoms with Gasteiger partial charge in [-0.3, -0.25) is 9.59 Å². The van der Waals surface area contributed by atoms with Crippen molar-refractivity contribution in [2.75, 3.05) is 4.90 Å². The number of halogens is 2. The van der Waals surface area contributed by atoms with E-state index in [4.69, 9.17) is 11.6 Å². The number of hydrogen-bond acceptors (Lipinski definition) is 2. The number of carbonyl (C=O) groups is 2. The quantitative estimate of drug-likeness (QED) is 0.616. The van der Waals surface area contributed by atoms with Gasteiger partial charge in [0, 0.05) is 5.57 Å². The Hall–Kier alpha value is -1.68. The summed E-state index contributed by atoms with van der Waals surface area (Å²) in [6.07, 6.45) is 1.84. The van der Waals surface area contributed by atoms with Crippen LogP contribution in [0, 0.1) is 11.7 Å². The highest BCUT2D eigenvalue weighted by molar-refractivity contribution is 6.32. The number of amides is 2. The van der Waals surface area contributed by atoms with E-state index in [0.717, 1.165) is 11.0 Å². The highest BCUT2D eigenvalue weighted by atomic mass is 35.5. The number of allylic oxidation sites excluding steroid dienone is 1. The van der Waals surface area contributed by atoms with Gasteiger partial charge >= 0.3 is 0 Å². The lowest BCUT2D eigenvalue weighted by Crippen LogP contribution is -2.29. The van der Waals surface area contributed by atoms with Gasteiger partial charge < -0.3 is 0 Å². The van der Waals surface area contributed by atoms with Crippen molar-refractivity contribution < 1.29 is 14.0 Å². The van der Waals surface area contributed by atoms with Crippen molar-refractivity contribution in [2.24, 2.45) is 5.92 Å². The van der Waals surface area contributed by atoms with E-state index < -0.39 is 5.82 Å². The maximum atomic E-state index is 13.1. The second kappa shape index (κ2) is 5.13. The summed E-state index contributed by atoms with van der Waals surface area (Å²) in [6, 6.07) is 3.79. The van der Waals surface area contributed by atoms with Gasteiger partial charge in [0.2, 0.25) is 5.91 Å². The fourth-order valence-corrected chi connectivity index (χ4v) is 2.17. The standard InChI is InChI=1S/C14H13ClFNO2/c1-8(2)5-9-6-13(18)17(14(9)19)10-3-4-12(16)11(15)7-10/h3-5,7-8H,6H2,1-2H3. The summed E-state index contributed by atoms with van der Waals surface area (Å²) in [6.45, 7) is 3.87. The van der Waals surface area contributed by atoms with E-state index in [2.05, 4.69) is 0 Å². The Morgan fingerprint density at radius 1 is 1.37 bits per heavy atom. The second-order valence-corrected chi connectivity index (χ2v) is 5.15. The summed E-state index contributed by atoms with van der Waals surface area (Å²) >= 11 is 5.67. The molecule has 0 bridgehead atoms. The van der Waals surface area contributed by atoms with Crippen molar-refractivity contribution in [2.45, 2.75) is 20.3 Å². The molecular weight excluding hydrogens is 269 g/mol. The summed E-state index contributed by atoms with van der Waals surface area (Å²) in [5.74, 6) is -1.08. The molecule has 1 fully saturated rings. The lowest BCUT2D eigenvalue weighted by atomic mass is 10.1. The molecule has 1 aliphatic rings. The minimum atomic E-state index is -0.581. The number of carbonyl (C=O) groups excluding carboxylic acids is 2. The van der Waals surface area contributed by atoms with Crippen LogP contribution < -0.4 is 4.90 Å². The Labute approximate surface area is 115 Å². The number of hydrogen-bond donors (Lipinski definition) is 0. The first-order valence-corrected chi connectivity index (χ1v) is 6.31. The average Bonchev–Trinajstić information content (AvgIpc) is 2.58. The van der Waals surface area contributed by atoms with Crippen molar-refractivity contribution >= 4 is 29.1 Å². The molecule has 3 nitrogen and oxygen atoms in total. The largest absolute Gasteiger partial charge is 0.274 e. The molecule has 0 aromatic heterocycles. The molecule has 5 heteroatoms. The predicted octanol–water partition coefficient (Wildman–Crippen LogP) is 3.32. The normalized spacial score (nSPS) is 17.9. The van der Waals surface area contributed by atoms with Crippen LogP contribution in [0.5, 0.6) is 0 Å². The monoisotopic (exact) mass is 281 g/mol. The zero-order valence-electron chi connectivity index (χ0n) is 10.6. The van der Waals surface area contributed by atoms with Gasteiger partial charge in [0.15, 0.2) is 0 Å². The molecule has 0 radical (unpaired) electrons. The minimum Gasteiger partial charge on any atom is -0.274 e. The maximum Gasteiger partial charge on any atom is 0.261 e. The molecular formula is C14H13ClFNO2. The van der Waals surface area contributed by atoms with Crippen LogP contribution >= 0.6 is 11.6 Å². The zero-order valence-corrected chi connectivity index (χ0v) is 11.4.